The molecule has 1 aliphatic heterocycles. The Labute approximate surface area is 139 Å². The molecular weight excluding hydrogens is 308 g/mol. The first kappa shape index (κ1) is 15.3. The van der Waals surface area contributed by atoms with Crippen LogP contribution in [-0.2, 0) is 6.54 Å². The predicted molar refractivity (Wildman–Crippen MR) is 89.7 cm³/mol. The van der Waals surface area contributed by atoms with E-state index in [2.05, 4.69) is 27.0 Å². The minimum absolute atomic E-state index is 0.386. The number of aromatic nitrogens is 2. The summed E-state index contributed by atoms with van der Waals surface area (Å²) in [4.78, 5) is 10.00. The molecule has 1 fully saturated rings. The predicted octanol–water partition coefficient (Wildman–Crippen LogP) is 4.22. The first-order valence-corrected chi connectivity index (χ1v) is 8.29. The molecule has 4 rings (SSSR count). The zero-order valence-corrected chi connectivity index (χ0v) is 13.3. The molecule has 3 heterocycles. The van der Waals surface area contributed by atoms with Crippen molar-refractivity contribution in [1.82, 2.24) is 14.9 Å². The summed E-state index contributed by atoms with van der Waals surface area (Å²) >= 11 is 0. The molecule has 124 valence electrons. The molecule has 0 bridgehead atoms. The first-order valence-electron chi connectivity index (χ1n) is 8.29. The van der Waals surface area contributed by atoms with Gasteiger partial charge in [0.1, 0.15) is 17.3 Å². The van der Waals surface area contributed by atoms with Crippen LogP contribution in [0.2, 0.25) is 0 Å². The number of nitrogens with one attached hydrogen (secondary N) is 1. The van der Waals surface area contributed by atoms with E-state index in [0.29, 0.717) is 18.0 Å². The van der Waals surface area contributed by atoms with Gasteiger partial charge in [0.2, 0.25) is 0 Å². The van der Waals surface area contributed by atoms with E-state index < -0.39 is 11.6 Å². The summed E-state index contributed by atoms with van der Waals surface area (Å²) in [5.74, 6) is -0.609. The largest absolute Gasteiger partial charge is 0.343 e. The maximum absolute atomic E-state index is 13.9. The van der Waals surface area contributed by atoms with Crippen molar-refractivity contribution >= 4 is 11.0 Å². The third kappa shape index (κ3) is 3.04. The molecule has 1 saturated heterocycles. The lowest BCUT2D eigenvalue weighted by Crippen LogP contribution is -2.34. The number of piperidine rings is 1. The van der Waals surface area contributed by atoms with Gasteiger partial charge in [-0.1, -0.05) is 6.07 Å². The molecule has 1 aromatic carbocycles. The fraction of sp³-hybridized carbons (Fsp3) is 0.316. The summed E-state index contributed by atoms with van der Waals surface area (Å²) in [6.45, 7) is 2.32. The van der Waals surface area contributed by atoms with Crippen molar-refractivity contribution in [3.8, 4) is 0 Å². The highest BCUT2D eigenvalue weighted by atomic mass is 19.1. The van der Waals surface area contributed by atoms with Gasteiger partial charge in [0.15, 0.2) is 0 Å². The van der Waals surface area contributed by atoms with E-state index in [1.807, 2.05) is 6.07 Å². The van der Waals surface area contributed by atoms with Crippen LogP contribution >= 0.6 is 0 Å². The minimum atomic E-state index is -0.529. The highest BCUT2D eigenvalue weighted by molar-refractivity contribution is 5.76. The van der Waals surface area contributed by atoms with Gasteiger partial charge >= 0.3 is 0 Å². The zero-order chi connectivity index (χ0) is 16.5. The topological polar surface area (TPSA) is 31.9 Å². The number of H-pyrrole nitrogens is 1. The Morgan fingerprint density at radius 2 is 2.12 bits per heavy atom. The second kappa shape index (κ2) is 6.32. The second-order valence-corrected chi connectivity index (χ2v) is 6.48. The SMILES string of the molecule is Fc1ccc(CN2CCCC(c3cc4cccnc4[nH]3)C2)c(F)c1. The summed E-state index contributed by atoms with van der Waals surface area (Å²) in [5, 5.41) is 1.12. The molecule has 0 aliphatic carbocycles. The maximum atomic E-state index is 13.9. The van der Waals surface area contributed by atoms with Crippen LogP contribution in [0.15, 0.2) is 42.6 Å². The van der Waals surface area contributed by atoms with Gasteiger partial charge in [0, 0.05) is 47.9 Å². The maximum Gasteiger partial charge on any atom is 0.137 e. The standard InChI is InChI=1S/C19H19F2N3/c20-16-6-5-14(17(21)10-16)11-24-8-2-4-15(12-24)18-9-13-3-1-7-22-19(13)23-18/h1,3,5-7,9-10,15H,2,4,8,11-12H2,(H,22,23). The Bertz CT molecular complexity index is 826. The van der Waals surface area contributed by atoms with E-state index in [4.69, 9.17) is 0 Å². The van der Waals surface area contributed by atoms with Crippen molar-refractivity contribution < 1.29 is 8.78 Å². The van der Waals surface area contributed by atoms with E-state index in [1.165, 1.54) is 11.8 Å². The van der Waals surface area contributed by atoms with Crippen LogP contribution in [0.5, 0.6) is 0 Å². The Morgan fingerprint density at radius 3 is 2.96 bits per heavy atom. The summed E-state index contributed by atoms with van der Waals surface area (Å²) < 4.78 is 26.9. The monoisotopic (exact) mass is 327 g/mol. The fourth-order valence-corrected chi connectivity index (χ4v) is 3.54. The zero-order valence-electron chi connectivity index (χ0n) is 13.3. The number of aromatic amines is 1. The van der Waals surface area contributed by atoms with Crippen molar-refractivity contribution in [2.45, 2.75) is 25.3 Å². The Balaban J connectivity index is 1.51. The van der Waals surface area contributed by atoms with E-state index in [9.17, 15) is 8.78 Å². The van der Waals surface area contributed by atoms with Gasteiger partial charge in [-0.3, -0.25) is 4.90 Å². The van der Waals surface area contributed by atoms with Gasteiger partial charge in [-0.05, 0) is 43.7 Å². The third-order valence-electron chi connectivity index (χ3n) is 4.77. The number of nitrogens with zero attached hydrogens (tertiary/aromatic N) is 2. The Morgan fingerprint density at radius 1 is 1.21 bits per heavy atom. The van der Waals surface area contributed by atoms with Gasteiger partial charge in [0.25, 0.3) is 0 Å². The second-order valence-electron chi connectivity index (χ2n) is 6.48. The third-order valence-corrected chi connectivity index (χ3v) is 4.77. The van der Waals surface area contributed by atoms with Gasteiger partial charge in [-0.15, -0.1) is 0 Å². The normalized spacial score (nSPS) is 19.0. The van der Waals surface area contributed by atoms with Crippen molar-refractivity contribution in [2.24, 2.45) is 0 Å². The molecule has 0 radical (unpaired) electrons. The number of hydrogen-bond donors (Lipinski definition) is 1. The lowest BCUT2D eigenvalue weighted by molar-refractivity contribution is 0.196. The van der Waals surface area contributed by atoms with Crippen LogP contribution in [-0.4, -0.2) is 28.0 Å². The molecule has 24 heavy (non-hydrogen) atoms. The number of pyridine rings is 1. The van der Waals surface area contributed by atoms with Gasteiger partial charge < -0.3 is 4.98 Å². The molecule has 3 aromatic rings. The van der Waals surface area contributed by atoms with E-state index >= 15 is 0 Å². The fourth-order valence-electron chi connectivity index (χ4n) is 3.54. The number of hydrogen-bond acceptors (Lipinski definition) is 2. The number of likely N-dealkylation sites (tertiary alicyclic amines) is 1. The van der Waals surface area contributed by atoms with Crippen LogP contribution < -0.4 is 0 Å². The van der Waals surface area contributed by atoms with Crippen LogP contribution in [0.3, 0.4) is 0 Å². The number of halogens is 2. The van der Waals surface area contributed by atoms with Crippen LogP contribution in [0.4, 0.5) is 8.78 Å². The molecule has 0 saturated carbocycles. The summed E-state index contributed by atoms with van der Waals surface area (Å²) in [6.07, 6.45) is 3.96. The average Bonchev–Trinajstić information content (AvgIpc) is 3.02. The highest BCUT2D eigenvalue weighted by Crippen LogP contribution is 2.29. The number of fused-ring (bicyclic) bond motifs is 1. The quantitative estimate of drug-likeness (QED) is 0.781. The minimum Gasteiger partial charge on any atom is -0.343 e. The van der Waals surface area contributed by atoms with E-state index in [-0.39, 0.29) is 0 Å². The number of benzene rings is 1. The lowest BCUT2D eigenvalue weighted by Gasteiger charge is -2.32. The van der Waals surface area contributed by atoms with Gasteiger partial charge in [-0.2, -0.15) is 0 Å². The average molecular weight is 327 g/mol. The van der Waals surface area contributed by atoms with Crippen LogP contribution in [0.25, 0.3) is 11.0 Å². The summed E-state index contributed by atoms with van der Waals surface area (Å²) in [6, 6.07) is 9.97. The summed E-state index contributed by atoms with van der Waals surface area (Å²) in [5.41, 5.74) is 2.65. The van der Waals surface area contributed by atoms with E-state index in [1.54, 1.807) is 12.3 Å². The molecule has 0 amide bonds. The molecule has 3 nitrogen and oxygen atoms in total. The van der Waals surface area contributed by atoms with E-state index in [0.717, 1.165) is 43.0 Å². The molecular formula is C19H19F2N3. The molecule has 1 aliphatic rings. The smallest absolute Gasteiger partial charge is 0.137 e. The summed E-state index contributed by atoms with van der Waals surface area (Å²) in [7, 11) is 0. The van der Waals surface area contributed by atoms with Crippen LogP contribution in [0.1, 0.15) is 30.0 Å². The molecule has 1 N–H and O–H groups in total. The van der Waals surface area contributed by atoms with Crippen molar-refractivity contribution in [3.05, 3.63) is 65.5 Å². The molecule has 1 unspecified atom stereocenters. The lowest BCUT2D eigenvalue weighted by atomic mass is 9.94. The molecule has 0 spiro atoms. The van der Waals surface area contributed by atoms with Crippen LogP contribution in [0, 0.1) is 11.6 Å². The molecule has 1 atom stereocenters. The Hall–Kier alpha value is -2.27. The van der Waals surface area contributed by atoms with Crippen molar-refractivity contribution in [1.29, 1.82) is 0 Å². The highest BCUT2D eigenvalue weighted by Gasteiger charge is 2.23. The molecule has 2 aromatic heterocycles. The van der Waals surface area contributed by atoms with Gasteiger partial charge in [0.05, 0.1) is 0 Å². The Kier molecular flexibility index (Phi) is 4.02. The van der Waals surface area contributed by atoms with Crippen molar-refractivity contribution in [2.75, 3.05) is 13.1 Å². The molecule has 5 heteroatoms. The first-order chi connectivity index (χ1) is 11.7. The number of rotatable bonds is 3. The van der Waals surface area contributed by atoms with Gasteiger partial charge in [-0.25, -0.2) is 13.8 Å². The van der Waals surface area contributed by atoms with Crippen molar-refractivity contribution in [3.63, 3.8) is 0 Å².